The quantitative estimate of drug-likeness (QED) is 0.856. The van der Waals surface area contributed by atoms with Crippen molar-refractivity contribution in [3.8, 4) is 0 Å². The molecule has 132 valence electrons. The van der Waals surface area contributed by atoms with Crippen LogP contribution >= 0.6 is 0 Å². The SMILES string of the molecule is Cn1cc([C@@H]2CCCN2CC(=O)N2CCC[C@H]3CCCC[C@H]32)cn1. The summed E-state index contributed by atoms with van der Waals surface area (Å²) in [5.74, 6) is 1.13. The fourth-order valence-electron chi connectivity index (χ4n) is 5.20. The van der Waals surface area contributed by atoms with E-state index in [9.17, 15) is 4.79 Å². The predicted molar refractivity (Wildman–Crippen MR) is 93.4 cm³/mol. The normalized spacial score (nSPS) is 31.2. The number of rotatable bonds is 3. The van der Waals surface area contributed by atoms with Crippen molar-refractivity contribution >= 4 is 5.91 Å². The summed E-state index contributed by atoms with van der Waals surface area (Å²) in [5.41, 5.74) is 1.26. The Hall–Kier alpha value is -1.36. The predicted octanol–water partition coefficient (Wildman–Crippen LogP) is 2.74. The second-order valence-corrected chi connectivity index (χ2v) is 7.92. The molecule has 0 N–H and O–H groups in total. The van der Waals surface area contributed by atoms with E-state index in [1.165, 1.54) is 50.5 Å². The molecule has 1 aromatic heterocycles. The van der Waals surface area contributed by atoms with Crippen molar-refractivity contribution in [3.05, 3.63) is 18.0 Å². The fraction of sp³-hybridized carbons (Fsp3) is 0.789. The number of hydrogen-bond acceptors (Lipinski definition) is 3. The smallest absolute Gasteiger partial charge is 0.237 e. The summed E-state index contributed by atoms with van der Waals surface area (Å²) >= 11 is 0. The van der Waals surface area contributed by atoms with Gasteiger partial charge in [-0.3, -0.25) is 14.4 Å². The highest BCUT2D eigenvalue weighted by molar-refractivity contribution is 5.79. The molecule has 0 aromatic carbocycles. The number of piperidine rings is 1. The summed E-state index contributed by atoms with van der Waals surface area (Å²) < 4.78 is 1.87. The molecular weight excluding hydrogens is 300 g/mol. The van der Waals surface area contributed by atoms with E-state index in [1.54, 1.807) is 0 Å². The second-order valence-electron chi connectivity index (χ2n) is 7.92. The van der Waals surface area contributed by atoms with Crippen LogP contribution in [-0.4, -0.2) is 51.2 Å². The summed E-state index contributed by atoms with van der Waals surface area (Å²) in [7, 11) is 1.96. The number of aromatic nitrogens is 2. The first-order valence-corrected chi connectivity index (χ1v) is 9.74. The van der Waals surface area contributed by atoms with Crippen molar-refractivity contribution in [2.45, 2.75) is 63.5 Å². The zero-order chi connectivity index (χ0) is 16.5. The summed E-state index contributed by atoms with van der Waals surface area (Å²) in [6.45, 7) is 2.60. The highest BCUT2D eigenvalue weighted by Gasteiger charge is 2.37. The van der Waals surface area contributed by atoms with Crippen LogP contribution in [-0.2, 0) is 11.8 Å². The minimum atomic E-state index is 0.363. The third kappa shape index (κ3) is 3.10. The van der Waals surface area contributed by atoms with E-state index < -0.39 is 0 Å². The van der Waals surface area contributed by atoms with Gasteiger partial charge in [0.2, 0.25) is 5.91 Å². The fourth-order valence-corrected chi connectivity index (χ4v) is 5.20. The van der Waals surface area contributed by atoms with E-state index in [-0.39, 0.29) is 0 Å². The first-order chi connectivity index (χ1) is 11.7. The lowest BCUT2D eigenvalue weighted by Gasteiger charge is -2.44. The van der Waals surface area contributed by atoms with Crippen LogP contribution < -0.4 is 0 Å². The molecule has 1 saturated carbocycles. The molecule has 1 aliphatic carbocycles. The van der Waals surface area contributed by atoms with Crippen molar-refractivity contribution in [2.24, 2.45) is 13.0 Å². The van der Waals surface area contributed by atoms with Gasteiger partial charge in [-0.25, -0.2) is 0 Å². The van der Waals surface area contributed by atoms with E-state index >= 15 is 0 Å². The maximum atomic E-state index is 13.1. The van der Waals surface area contributed by atoms with Crippen molar-refractivity contribution in [3.63, 3.8) is 0 Å². The standard InChI is InChI=1S/C19H30N4O/c1-21-13-16(12-20-21)17-9-5-10-22(17)14-19(24)23-11-4-7-15-6-2-3-8-18(15)23/h12-13,15,17-18H,2-11,14H2,1H3/t15-,17+,18-/m1/s1. The van der Waals surface area contributed by atoms with Crippen molar-refractivity contribution < 1.29 is 4.79 Å². The second kappa shape index (κ2) is 6.87. The molecule has 0 unspecified atom stereocenters. The number of fused-ring (bicyclic) bond motifs is 1. The zero-order valence-electron chi connectivity index (χ0n) is 14.9. The van der Waals surface area contributed by atoms with Gasteiger partial charge in [0.25, 0.3) is 0 Å². The molecule has 2 saturated heterocycles. The molecule has 0 spiro atoms. The molecule has 3 fully saturated rings. The Morgan fingerprint density at radius 1 is 1.12 bits per heavy atom. The lowest BCUT2D eigenvalue weighted by Crippen LogP contribution is -2.52. The van der Waals surface area contributed by atoms with Gasteiger partial charge < -0.3 is 4.90 Å². The van der Waals surface area contributed by atoms with Crippen molar-refractivity contribution in [2.75, 3.05) is 19.6 Å². The minimum Gasteiger partial charge on any atom is -0.338 e. The Morgan fingerprint density at radius 3 is 2.75 bits per heavy atom. The van der Waals surface area contributed by atoms with Crippen molar-refractivity contribution in [1.29, 1.82) is 0 Å². The molecular formula is C19H30N4O. The van der Waals surface area contributed by atoms with E-state index in [0.29, 0.717) is 24.5 Å². The van der Waals surface area contributed by atoms with Crippen LogP contribution in [0, 0.1) is 5.92 Å². The average molecular weight is 330 g/mol. The molecule has 3 atom stereocenters. The lowest BCUT2D eigenvalue weighted by atomic mass is 9.78. The highest BCUT2D eigenvalue weighted by Crippen LogP contribution is 2.36. The van der Waals surface area contributed by atoms with E-state index in [0.717, 1.165) is 25.4 Å². The van der Waals surface area contributed by atoms with Gasteiger partial charge in [-0.2, -0.15) is 5.10 Å². The third-order valence-corrected chi connectivity index (χ3v) is 6.38. The number of nitrogens with zero attached hydrogens (tertiary/aromatic N) is 4. The number of carbonyl (C=O) groups is 1. The van der Waals surface area contributed by atoms with Gasteiger partial charge in [-0.1, -0.05) is 12.8 Å². The molecule has 0 radical (unpaired) electrons. The van der Waals surface area contributed by atoms with Crippen LogP contribution in [0.3, 0.4) is 0 Å². The number of aryl methyl sites for hydroxylation is 1. The lowest BCUT2D eigenvalue weighted by molar-refractivity contribution is -0.139. The largest absolute Gasteiger partial charge is 0.338 e. The van der Waals surface area contributed by atoms with Gasteiger partial charge in [-0.05, 0) is 51.0 Å². The summed E-state index contributed by atoms with van der Waals surface area (Å²) in [6, 6.07) is 0.897. The molecule has 0 bridgehead atoms. The monoisotopic (exact) mass is 330 g/mol. The molecule has 3 aliphatic rings. The summed E-state index contributed by atoms with van der Waals surface area (Å²) in [6.07, 6.45) is 14.1. The van der Waals surface area contributed by atoms with Crippen LogP contribution in [0.5, 0.6) is 0 Å². The molecule has 4 rings (SSSR count). The molecule has 5 heteroatoms. The molecule has 1 aromatic rings. The molecule has 3 heterocycles. The van der Waals surface area contributed by atoms with Crippen LogP contribution in [0.2, 0.25) is 0 Å². The highest BCUT2D eigenvalue weighted by atomic mass is 16.2. The van der Waals surface area contributed by atoms with Crippen LogP contribution in [0.4, 0.5) is 0 Å². The maximum absolute atomic E-state index is 13.1. The number of hydrogen-bond donors (Lipinski definition) is 0. The van der Waals surface area contributed by atoms with Gasteiger partial charge >= 0.3 is 0 Å². The van der Waals surface area contributed by atoms with E-state index in [2.05, 4.69) is 21.1 Å². The average Bonchev–Trinajstić information content (AvgIpc) is 3.23. The molecule has 5 nitrogen and oxygen atoms in total. The first kappa shape index (κ1) is 16.1. The van der Waals surface area contributed by atoms with Crippen molar-refractivity contribution in [1.82, 2.24) is 19.6 Å². The number of carbonyl (C=O) groups excluding carboxylic acids is 1. The first-order valence-electron chi connectivity index (χ1n) is 9.74. The topological polar surface area (TPSA) is 41.4 Å². The van der Waals surface area contributed by atoms with E-state index in [4.69, 9.17) is 0 Å². The molecule has 24 heavy (non-hydrogen) atoms. The Kier molecular flexibility index (Phi) is 4.61. The maximum Gasteiger partial charge on any atom is 0.237 e. The molecule has 2 aliphatic heterocycles. The molecule has 1 amide bonds. The van der Waals surface area contributed by atoms with Gasteiger partial charge in [0.15, 0.2) is 0 Å². The Balaban J connectivity index is 1.43. The zero-order valence-corrected chi connectivity index (χ0v) is 14.9. The van der Waals surface area contributed by atoms with Crippen LogP contribution in [0.15, 0.2) is 12.4 Å². The van der Waals surface area contributed by atoms with Gasteiger partial charge in [-0.15, -0.1) is 0 Å². The summed E-state index contributed by atoms with van der Waals surface area (Å²) in [4.78, 5) is 17.7. The summed E-state index contributed by atoms with van der Waals surface area (Å²) in [5, 5.41) is 4.31. The van der Waals surface area contributed by atoms with Gasteiger partial charge in [0.1, 0.15) is 0 Å². The third-order valence-electron chi connectivity index (χ3n) is 6.38. The van der Waals surface area contributed by atoms with E-state index in [1.807, 2.05) is 17.9 Å². The Morgan fingerprint density at radius 2 is 1.92 bits per heavy atom. The van der Waals surface area contributed by atoms with Gasteiger partial charge in [0.05, 0.1) is 12.7 Å². The Labute approximate surface area is 145 Å². The van der Waals surface area contributed by atoms with Crippen LogP contribution in [0.1, 0.15) is 63.0 Å². The Bertz CT molecular complexity index is 582. The van der Waals surface area contributed by atoms with Gasteiger partial charge in [0, 0.05) is 37.4 Å². The minimum absolute atomic E-state index is 0.363. The number of likely N-dealkylation sites (tertiary alicyclic amines) is 2. The number of amides is 1. The van der Waals surface area contributed by atoms with Crippen LogP contribution in [0.25, 0.3) is 0 Å².